The fraction of sp³-hybridized carbons (Fsp3) is 0.533. The molecule has 0 radical (unpaired) electrons. The molecule has 3 unspecified atom stereocenters. The van der Waals surface area contributed by atoms with Crippen LogP contribution in [0.1, 0.15) is 20.3 Å². The Kier molecular flexibility index (Phi) is 5.75. The van der Waals surface area contributed by atoms with E-state index in [-0.39, 0.29) is 17.2 Å². The van der Waals surface area contributed by atoms with Gasteiger partial charge in [0.1, 0.15) is 0 Å². The summed E-state index contributed by atoms with van der Waals surface area (Å²) in [6.45, 7) is 6.04. The molecular weight excluding hydrogens is 292 g/mol. The summed E-state index contributed by atoms with van der Waals surface area (Å²) in [5.74, 6) is 0.568. The van der Waals surface area contributed by atoms with Crippen molar-refractivity contribution in [2.75, 3.05) is 13.1 Å². The number of amides is 1. The molecule has 0 spiro atoms. The molecule has 1 aromatic rings. The van der Waals surface area contributed by atoms with Gasteiger partial charge in [-0.05, 0) is 44.5 Å². The average Bonchev–Trinajstić information content (AvgIpc) is 2.43. The van der Waals surface area contributed by atoms with Gasteiger partial charge in [-0.3, -0.25) is 4.79 Å². The van der Waals surface area contributed by atoms with Gasteiger partial charge in [-0.15, -0.1) is 11.8 Å². The van der Waals surface area contributed by atoms with Crippen molar-refractivity contribution in [2.45, 2.75) is 36.5 Å². The number of nitrogens with one attached hydrogen (secondary N) is 2. The third-order valence-corrected chi connectivity index (χ3v) is 5.24. The van der Waals surface area contributed by atoms with Gasteiger partial charge in [-0.25, -0.2) is 0 Å². The Morgan fingerprint density at radius 2 is 2.25 bits per heavy atom. The van der Waals surface area contributed by atoms with Gasteiger partial charge in [0.15, 0.2) is 0 Å². The van der Waals surface area contributed by atoms with E-state index in [1.807, 2.05) is 31.2 Å². The number of carbonyl (C=O) groups is 1. The molecule has 1 aliphatic heterocycles. The van der Waals surface area contributed by atoms with E-state index in [1.165, 1.54) is 11.8 Å². The molecule has 3 nitrogen and oxygen atoms in total. The summed E-state index contributed by atoms with van der Waals surface area (Å²) in [6.07, 6.45) is 0.996. The van der Waals surface area contributed by atoms with E-state index >= 15 is 0 Å². The van der Waals surface area contributed by atoms with Crippen molar-refractivity contribution < 1.29 is 4.79 Å². The van der Waals surface area contributed by atoms with Crippen molar-refractivity contribution in [3.8, 4) is 0 Å². The lowest BCUT2D eigenvalue weighted by Gasteiger charge is -2.31. The van der Waals surface area contributed by atoms with Crippen LogP contribution in [0.2, 0.25) is 5.02 Å². The Morgan fingerprint density at radius 1 is 1.50 bits per heavy atom. The van der Waals surface area contributed by atoms with Crippen LogP contribution in [0.3, 0.4) is 0 Å². The van der Waals surface area contributed by atoms with Gasteiger partial charge in [0.25, 0.3) is 0 Å². The lowest BCUT2D eigenvalue weighted by Crippen LogP contribution is -2.50. The van der Waals surface area contributed by atoms with E-state index in [0.29, 0.717) is 10.9 Å². The number of rotatable bonds is 4. The van der Waals surface area contributed by atoms with Crippen LogP contribution in [0, 0.1) is 5.92 Å². The average molecular weight is 313 g/mol. The van der Waals surface area contributed by atoms with Crippen molar-refractivity contribution in [1.29, 1.82) is 0 Å². The summed E-state index contributed by atoms with van der Waals surface area (Å²) in [7, 11) is 0. The predicted molar refractivity (Wildman–Crippen MR) is 85.4 cm³/mol. The molecule has 1 aromatic carbocycles. The molecule has 1 heterocycles. The van der Waals surface area contributed by atoms with Crippen LogP contribution in [0.4, 0.5) is 0 Å². The number of hydrogen-bond donors (Lipinski definition) is 2. The van der Waals surface area contributed by atoms with Crippen LogP contribution in [0.15, 0.2) is 29.2 Å². The maximum absolute atomic E-state index is 12.3. The molecule has 1 fully saturated rings. The molecule has 0 aliphatic carbocycles. The second-order valence-electron chi connectivity index (χ2n) is 5.28. The zero-order chi connectivity index (χ0) is 14.5. The molecule has 0 saturated carbocycles. The van der Waals surface area contributed by atoms with Crippen molar-refractivity contribution in [2.24, 2.45) is 5.92 Å². The lowest BCUT2D eigenvalue weighted by atomic mass is 9.95. The number of thioether (sulfide) groups is 1. The van der Waals surface area contributed by atoms with Crippen LogP contribution in [-0.4, -0.2) is 30.3 Å². The Balaban J connectivity index is 1.90. The molecule has 1 saturated heterocycles. The lowest BCUT2D eigenvalue weighted by molar-refractivity contribution is -0.121. The van der Waals surface area contributed by atoms with Gasteiger partial charge in [-0.2, -0.15) is 0 Å². The topological polar surface area (TPSA) is 41.1 Å². The number of hydrogen-bond acceptors (Lipinski definition) is 3. The smallest absolute Gasteiger partial charge is 0.233 e. The molecule has 0 aromatic heterocycles. The zero-order valence-electron chi connectivity index (χ0n) is 11.9. The first-order valence-corrected chi connectivity index (χ1v) is 8.26. The third kappa shape index (κ3) is 4.14. The second-order valence-corrected chi connectivity index (χ2v) is 7.07. The van der Waals surface area contributed by atoms with E-state index < -0.39 is 0 Å². The number of piperidine rings is 1. The first kappa shape index (κ1) is 15.7. The molecule has 1 amide bonds. The molecule has 3 atom stereocenters. The maximum atomic E-state index is 12.3. The minimum atomic E-state index is -0.142. The van der Waals surface area contributed by atoms with Gasteiger partial charge >= 0.3 is 0 Å². The largest absolute Gasteiger partial charge is 0.352 e. The summed E-state index contributed by atoms with van der Waals surface area (Å²) < 4.78 is 0. The first-order valence-electron chi connectivity index (χ1n) is 7.00. The maximum Gasteiger partial charge on any atom is 0.233 e. The van der Waals surface area contributed by atoms with Crippen molar-refractivity contribution in [1.82, 2.24) is 10.6 Å². The zero-order valence-corrected chi connectivity index (χ0v) is 13.4. The Hall–Kier alpha value is -0.710. The SMILES string of the molecule is CC(Sc1ccccc1Cl)C(=O)NC1CCNCC1C. The monoisotopic (exact) mass is 312 g/mol. The summed E-state index contributed by atoms with van der Waals surface area (Å²) in [5, 5.41) is 7.07. The Bertz CT molecular complexity index is 469. The van der Waals surface area contributed by atoms with Crippen LogP contribution < -0.4 is 10.6 Å². The van der Waals surface area contributed by atoms with Gasteiger partial charge < -0.3 is 10.6 Å². The molecular formula is C15H21ClN2OS. The Labute approximate surface area is 129 Å². The van der Waals surface area contributed by atoms with Crippen LogP contribution in [-0.2, 0) is 4.79 Å². The van der Waals surface area contributed by atoms with E-state index in [1.54, 1.807) is 0 Å². The summed E-state index contributed by atoms with van der Waals surface area (Å²) in [4.78, 5) is 13.2. The molecule has 110 valence electrons. The minimum Gasteiger partial charge on any atom is -0.352 e. The van der Waals surface area contributed by atoms with Crippen LogP contribution in [0.5, 0.6) is 0 Å². The van der Waals surface area contributed by atoms with E-state index in [0.717, 1.165) is 24.4 Å². The fourth-order valence-corrected chi connectivity index (χ4v) is 3.48. The summed E-state index contributed by atoms with van der Waals surface area (Å²) >= 11 is 7.64. The molecule has 2 rings (SSSR count). The molecule has 20 heavy (non-hydrogen) atoms. The highest BCUT2D eigenvalue weighted by Crippen LogP contribution is 2.30. The van der Waals surface area contributed by atoms with E-state index in [4.69, 9.17) is 11.6 Å². The second kappa shape index (κ2) is 7.34. The van der Waals surface area contributed by atoms with Crippen molar-refractivity contribution >= 4 is 29.3 Å². The normalized spacial score (nSPS) is 24.1. The van der Waals surface area contributed by atoms with Crippen molar-refractivity contribution in [3.05, 3.63) is 29.3 Å². The number of benzene rings is 1. The van der Waals surface area contributed by atoms with E-state index in [2.05, 4.69) is 17.6 Å². The van der Waals surface area contributed by atoms with Crippen LogP contribution >= 0.6 is 23.4 Å². The highest BCUT2D eigenvalue weighted by atomic mass is 35.5. The molecule has 2 N–H and O–H groups in total. The third-order valence-electron chi connectivity index (χ3n) is 3.62. The van der Waals surface area contributed by atoms with E-state index in [9.17, 15) is 4.79 Å². The van der Waals surface area contributed by atoms with Gasteiger partial charge in [0.05, 0.1) is 10.3 Å². The number of carbonyl (C=O) groups excluding carboxylic acids is 1. The molecule has 5 heteroatoms. The summed E-state index contributed by atoms with van der Waals surface area (Å²) in [5.41, 5.74) is 0. The quantitative estimate of drug-likeness (QED) is 0.840. The highest BCUT2D eigenvalue weighted by Gasteiger charge is 2.25. The fourth-order valence-electron chi connectivity index (χ4n) is 2.31. The minimum absolute atomic E-state index is 0.0914. The number of halogens is 1. The van der Waals surface area contributed by atoms with Crippen LogP contribution in [0.25, 0.3) is 0 Å². The van der Waals surface area contributed by atoms with Crippen molar-refractivity contribution in [3.63, 3.8) is 0 Å². The van der Waals surface area contributed by atoms with Gasteiger partial charge in [-0.1, -0.05) is 30.7 Å². The summed E-state index contributed by atoms with van der Waals surface area (Å²) in [6, 6.07) is 7.91. The predicted octanol–water partition coefficient (Wildman–Crippen LogP) is 2.93. The molecule has 1 aliphatic rings. The standard InChI is InChI=1S/C15H21ClN2OS/c1-10-9-17-8-7-13(10)18-15(19)11(2)20-14-6-4-3-5-12(14)16/h3-6,10-11,13,17H,7-9H2,1-2H3,(H,18,19). The Morgan fingerprint density at radius 3 is 2.95 bits per heavy atom. The van der Waals surface area contributed by atoms with Gasteiger partial charge in [0, 0.05) is 10.9 Å². The first-order chi connectivity index (χ1) is 9.58. The molecule has 0 bridgehead atoms. The van der Waals surface area contributed by atoms with Gasteiger partial charge in [0.2, 0.25) is 5.91 Å². The highest BCUT2D eigenvalue weighted by molar-refractivity contribution is 8.00.